The minimum absolute atomic E-state index is 0.0103. The zero-order chi connectivity index (χ0) is 18.9. The first-order valence-electron chi connectivity index (χ1n) is 7.48. The van der Waals surface area contributed by atoms with E-state index in [1.54, 1.807) is 30.5 Å². The molecule has 2 heterocycles. The monoisotopic (exact) mass is 431 g/mol. The van der Waals surface area contributed by atoms with E-state index < -0.39 is 15.6 Å². The molecule has 2 aromatic heterocycles. The summed E-state index contributed by atoms with van der Waals surface area (Å²) < 4.78 is 33.0. The van der Waals surface area contributed by atoms with Gasteiger partial charge in [0.05, 0.1) is 17.5 Å². The van der Waals surface area contributed by atoms with E-state index in [9.17, 15) is 13.5 Å². The van der Waals surface area contributed by atoms with Crippen LogP contribution in [0.1, 0.15) is 16.0 Å². The van der Waals surface area contributed by atoms with Gasteiger partial charge in [0.2, 0.25) is 10.0 Å². The van der Waals surface area contributed by atoms with Gasteiger partial charge in [0.1, 0.15) is 10.5 Å². The zero-order valence-electron chi connectivity index (χ0n) is 13.6. The second-order valence-corrected chi connectivity index (χ2v) is 9.20. The van der Waals surface area contributed by atoms with Crippen molar-refractivity contribution in [3.05, 3.63) is 74.3 Å². The van der Waals surface area contributed by atoms with Crippen LogP contribution in [0.2, 0.25) is 10.0 Å². The molecule has 0 aliphatic heterocycles. The van der Waals surface area contributed by atoms with Crippen molar-refractivity contribution in [2.75, 3.05) is 6.54 Å². The Labute approximate surface area is 165 Å². The molecule has 0 aliphatic carbocycles. The quantitative estimate of drug-likeness (QED) is 0.613. The maximum Gasteiger partial charge on any atom is 0.242 e. The van der Waals surface area contributed by atoms with E-state index in [1.165, 1.54) is 36.0 Å². The smallest absolute Gasteiger partial charge is 0.242 e. The predicted molar refractivity (Wildman–Crippen MR) is 102 cm³/mol. The summed E-state index contributed by atoms with van der Waals surface area (Å²) in [7, 11) is -3.97. The van der Waals surface area contributed by atoms with Crippen LogP contribution in [-0.4, -0.2) is 20.1 Å². The van der Waals surface area contributed by atoms with Gasteiger partial charge in [-0.1, -0.05) is 29.3 Å². The number of furan rings is 1. The molecule has 0 saturated heterocycles. The van der Waals surface area contributed by atoms with Crippen molar-refractivity contribution in [2.24, 2.45) is 0 Å². The molecule has 0 saturated carbocycles. The van der Waals surface area contributed by atoms with E-state index in [2.05, 4.69) is 4.72 Å². The summed E-state index contributed by atoms with van der Waals surface area (Å²) in [4.78, 5) is 0.488. The summed E-state index contributed by atoms with van der Waals surface area (Å²) in [6, 6.07) is 7.88. The van der Waals surface area contributed by atoms with Gasteiger partial charge in [0.15, 0.2) is 0 Å². The van der Waals surface area contributed by atoms with E-state index >= 15 is 0 Å². The molecule has 2 N–H and O–H groups in total. The topological polar surface area (TPSA) is 79.5 Å². The second-order valence-electron chi connectivity index (χ2n) is 5.71. The number of thiophene rings is 1. The first-order valence-corrected chi connectivity index (χ1v) is 10.6. The molecule has 26 heavy (non-hydrogen) atoms. The fourth-order valence-corrected chi connectivity index (χ4v) is 5.19. The Kier molecular flexibility index (Phi) is 5.48. The standard InChI is InChI=1S/C17H15Cl2NO4S2/c1-11-7-15(14(19)8-13(11)18)26(22,23)20-10-17(21,12-4-5-24-9-12)16-3-2-6-25-16/h2-9,20-21H,10H2,1H3/t17-/m0/s1. The molecule has 5 nitrogen and oxygen atoms in total. The molecule has 0 amide bonds. The Hall–Kier alpha value is -1.35. The van der Waals surface area contributed by atoms with Crippen molar-refractivity contribution in [3.63, 3.8) is 0 Å². The third-order valence-corrected chi connectivity index (χ3v) is 7.24. The summed E-state index contributed by atoms with van der Waals surface area (Å²) in [5.74, 6) is 0. The third-order valence-electron chi connectivity index (χ3n) is 3.95. The van der Waals surface area contributed by atoms with Crippen LogP contribution in [0.5, 0.6) is 0 Å². The fraction of sp³-hybridized carbons (Fsp3) is 0.176. The molecule has 1 aromatic carbocycles. The van der Waals surface area contributed by atoms with Crippen LogP contribution < -0.4 is 4.72 Å². The number of aliphatic hydroxyl groups is 1. The summed E-state index contributed by atoms with van der Waals surface area (Å²) in [5.41, 5.74) is -0.539. The minimum atomic E-state index is -3.97. The van der Waals surface area contributed by atoms with Gasteiger partial charge in [0.25, 0.3) is 0 Å². The van der Waals surface area contributed by atoms with Crippen LogP contribution in [0.4, 0.5) is 0 Å². The molecular weight excluding hydrogens is 417 g/mol. The van der Waals surface area contributed by atoms with Crippen LogP contribution in [0.25, 0.3) is 0 Å². The number of hydrogen-bond donors (Lipinski definition) is 2. The normalized spacial score (nSPS) is 14.3. The van der Waals surface area contributed by atoms with Crippen molar-refractivity contribution < 1.29 is 17.9 Å². The molecule has 1 atom stereocenters. The Balaban J connectivity index is 1.94. The molecule has 138 valence electrons. The van der Waals surface area contributed by atoms with E-state index in [1.807, 2.05) is 0 Å². The second kappa shape index (κ2) is 7.34. The summed E-state index contributed by atoms with van der Waals surface area (Å²) >= 11 is 13.3. The van der Waals surface area contributed by atoms with Crippen LogP contribution in [0.3, 0.4) is 0 Å². The average molecular weight is 432 g/mol. The highest BCUT2D eigenvalue weighted by Gasteiger charge is 2.35. The van der Waals surface area contributed by atoms with Gasteiger partial charge in [-0.3, -0.25) is 0 Å². The third kappa shape index (κ3) is 3.69. The number of aryl methyl sites for hydroxylation is 1. The maximum atomic E-state index is 12.7. The molecule has 0 bridgehead atoms. The largest absolute Gasteiger partial charge is 0.472 e. The fourth-order valence-electron chi connectivity index (χ4n) is 2.46. The lowest BCUT2D eigenvalue weighted by atomic mass is 9.95. The Morgan fingerprint density at radius 3 is 2.65 bits per heavy atom. The van der Waals surface area contributed by atoms with Gasteiger partial charge < -0.3 is 9.52 Å². The molecule has 0 fully saturated rings. The van der Waals surface area contributed by atoms with Crippen molar-refractivity contribution in [2.45, 2.75) is 17.4 Å². The van der Waals surface area contributed by atoms with Gasteiger partial charge in [-0.05, 0) is 42.1 Å². The lowest BCUT2D eigenvalue weighted by Crippen LogP contribution is -2.41. The van der Waals surface area contributed by atoms with Crippen LogP contribution in [0.15, 0.2) is 57.6 Å². The highest BCUT2D eigenvalue weighted by Crippen LogP contribution is 2.34. The summed E-state index contributed by atoms with van der Waals surface area (Å²) in [6.07, 6.45) is 2.80. The summed E-state index contributed by atoms with van der Waals surface area (Å²) in [5, 5.41) is 13.4. The van der Waals surface area contributed by atoms with Crippen LogP contribution >= 0.6 is 34.5 Å². The molecule has 3 rings (SSSR count). The van der Waals surface area contributed by atoms with E-state index in [-0.39, 0.29) is 16.5 Å². The van der Waals surface area contributed by atoms with Crippen LogP contribution in [-0.2, 0) is 15.6 Å². The molecular formula is C17H15Cl2NO4S2. The van der Waals surface area contributed by atoms with Gasteiger partial charge >= 0.3 is 0 Å². The molecule has 0 unspecified atom stereocenters. The van der Waals surface area contributed by atoms with E-state index in [0.717, 1.165) is 0 Å². The van der Waals surface area contributed by atoms with E-state index in [0.29, 0.717) is 21.0 Å². The zero-order valence-corrected chi connectivity index (χ0v) is 16.7. The molecule has 9 heteroatoms. The minimum Gasteiger partial charge on any atom is -0.472 e. The number of rotatable bonds is 6. The number of hydrogen-bond acceptors (Lipinski definition) is 5. The van der Waals surface area contributed by atoms with Crippen molar-refractivity contribution in [3.8, 4) is 0 Å². The molecule has 0 spiro atoms. The lowest BCUT2D eigenvalue weighted by molar-refractivity contribution is 0.0892. The van der Waals surface area contributed by atoms with Gasteiger partial charge in [-0.15, -0.1) is 11.3 Å². The first-order chi connectivity index (χ1) is 12.2. The summed E-state index contributed by atoms with van der Waals surface area (Å²) in [6.45, 7) is 1.40. The van der Waals surface area contributed by atoms with E-state index in [4.69, 9.17) is 27.6 Å². The molecule has 0 radical (unpaired) electrons. The van der Waals surface area contributed by atoms with Crippen LogP contribution in [0, 0.1) is 6.92 Å². The Morgan fingerprint density at radius 2 is 2.04 bits per heavy atom. The highest BCUT2D eigenvalue weighted by atomic mass is 35.5. The highest BCUT2D eigenvalue weighted by molar-refractivity contribution is 7.89. The van der Waals surface area contributed by atoms with Gasteiger partial charge in [0, 0.05) is 22.0 Å². The average Bonchev–Trinajstić information content (AvgIpc) is 3.29. The maximum absolute atomic E-state index is 12.7. The Bertz CT molecular complexity index is 966. The molecule has 3 aromatic rings. The first kappa shape index (κ1) is 19.4. The number of nitrogens with one attached hydrogen (secondary N) is 1. The number of halogens is 2. The Morgan fingerprint density at radius 1 is 1.27 bits per heavy atom. The predicted octanol–water partition coefficient (Wildman–Crippen LogP) is 4.17. The lowest BCUT2D eigenvalue weighted by Gasteiger charge is -2.26. The SMILES string of the molecule is Cc1cc(S(=O)(=O)NC[C@](O)(c2ccoc2)c2cccs2)c(Cl)cc1Cl. The van der Waals surface area contributed by atoms with Gasteiger partial charge in [-0.25, -0.2) is 13.1 Å². The number of benzene rings is 1. The number of sulfonamides is 1. The van der Waals surface area contributed by atoms with Crippen molar-refractivity contribution in [1.29, 1.82) is 0 Å². The molecule has 0 aliphatic rings. The van der Waals surface area contributed by atoms with Crippen molar-refractivity contribution >= 4 is 44.6 Å². The van der Waals surface area contributed by atoms with Crippen molar-refractivity contribution in [1.82, 2.24) is 4.72 Å². The van der Waals surface area contributed by atoms with Gasteiger partial charge in [-0.2, -0.15) is 0 Å².